The van der Waals surface area contributed by atoms with E-state index < -0.39 is 17.7 Å². The maximum absolute atomic E-state index is 13.7. The molecule has 2 aliphatic heterocycles. The van der Waals surface area contributed by atoms with Crippen LogP contribution in [-0.2, 0) is 20.9 Å². The molecule has 0 unspecified atom stereocenters. The van der Waals surface area contributed by atoms with Crippen molar-refractivity contribution in [3.63, 3.8) is 0 Å². The van der Waals surface area contributed by atoms with Crippen molar-refractivity contribution in [1.82, 2.24) is 9.80 Å². The standard InChI is InChI=1S/C35H40N2O8/c1-23-19-26(45-22-24-9-6-5-7-10-24)11-12-27(23)32(38)30-31(25-20-28(41-2)34(43-4)29(21-25)42-3)37(35(40)33(30)39)14-8-13-36-15-17-44-18-16-36/h5-7,9-12,19-21,31,38H,8,13-18,22H2,1-4H3/t31-/m1/s1. The van der Waals surface area contributed by atoms with Crippen LogP contribution in [0.4, 0.5) is 0 Å². The molecule has 2 saturated heterocycles. The molecule has 2 heterocycles. The maximum atomic E-state index is 13.7. The number of likely N-dealkylation sites (tertiary alicyclic amines) is 1. The molecule has 238 valence electrons. The minimum absolute atomic E-state index is 0.00157. The van der Waals surface area contributed by atoms with Gasteiger partial charge in [-0.1, -0.05) is 30.3 Å². The zero-order valence-electron chi connectivity index (χ0n) is 26.2. The van der Waals surface area contributed by atoms with E-state index in [4.69, 9.17) is 23.7 Å². The lowest BCUT2D eigenvalue weighted by Gasteiger charge is -2.29. The summed E-state index contributed by atoms with van der Waals surface area (Å²) in [5.74, 6) is 0.0883. The molecule has 1 N–H and O–H groups in total. The highest BCUT2D eigenvalue weighted by Gasteiger charge is 2.46. The molecule has 0 bridgehead atoms. The average Bonchev–Trinajstić information content (AvgIpc) is 3.32. The van der Waals surface area contributed by atoms with Gasteiger partial charge in [0.25, 0.3) is 11.7 Å². The summed E-state index contributed by atoms with van der Waals surface area (Å²) in [5, 5.41) is 11.8. The highest BCUT2D eigenvalue weighted by molar-refractivity contribution is 6.46. The fourth-order valence-corrected chi connectivity index (χ4v) is 5.88. The maximum Gasteiger partial charge on any atom is 0.295 e. The number of ketones is 1. The van der Waals surface area contributed by atoms with E-state index in [9.17, 15) is 14.7 Å². The van der Waals surface area contributed by atoms with Gasteiger partial charge < -0.3 is 33.7 Å². The van der Waals surface area contributed by atoms with Gasteiger partial charge in [0.2, 0.25) is 5.75 Å². The number of Topliss-reactive ketones (excluding diaryl/α,β-unsaturated/α-hetero) is 1. The summed E-state index contributed by atoms with van der Waals surface area (Å²) in [6, 6.07) is 17.6. The first kappa shape index (κ1) is 31.9. The van der Waals surface area contributed by atoms with Crippen LogP contribution in [0.15, 0.2) is 66.2 Å². The number of carbonyl (C=O) groups is 2. The Kier molecular flexibility index (Phi) is 10.3. The molecule has 10 nitrogen and oxygen atoms in total. The molecule has 0 radical (unpaired) electrons. The molecule has 3 aromatic carbocycles. The van der Waals surface area contributed by atoms with Gasteiger partial charge >= 0.3 is 0 Å². The summed E-state index contributed by atoms with van der Waals surface area (Å²) in [4.78, 5) is 31.1. The van der Waals surface area contributed by atoms with Crippen molar-refractivity contribution >= 4 is 17.4 Å². The van der Waals surface area contributed by atoms with Crippen LogP contribution in [-0.4, -0.2) is 87.3 Å². The molecule has 45 heavy (non-hydrogen) atoms. The van der Waals surface area contributed by atoms with Crippen molar-refractivity contribution in [2.75, 3.05) is 60.7 Å². The first-order valence-electron chi connectivity index (χ1n) is 15.0. The molecule has 1 atom stereocenters. The van der Waals surface area contributed by atoms with Crippen molar-refractivity contribution in [1.29, 1.82) is 0 Å². The van der Waals surface area contributed by atoms with E-state index in [1.165, 1.54) is 26.2 Å². The predicted octanol–water partition coefficient (Wildman–Crippen LogP) is 4.74. The Bertz CT molecular complexity index is 1520. The van der Waals surface area contributed by atoms with Crippen LogP contribution in [0.2, 0.25) is 0 Å². The summed E-state index contributed by atoms with van der Waals surface area (Å²) in [7, 11) is 4.52. The van der Waals surface area contributed by atoms with Gasteiger partial charge in [-0.25, -0.2) is 0 Å². The summed E-state index contributed by atoms with van der Waals surface area (Å²) in [5.41, 5.74) is 2.71. The molecule has 1 amide bonds. The largest absolute Gasteiger partial charge is 0.507 e. The van der Waals surface area contributed by atoms with Gasteiger partial charge in [0.15, 0.2) is 11.5 Å². The van der Waals surface area contributed by atoms with Gasteiger partial charge in [-0.15, -0.1) is 0 Å². The number of rotatable bonds is 12. The van der Waals surface area contributed by atoms with Crippen LogP contribution in [0.25, 0.3) is 5.76 Å². The third-order valence-electron chi connectivity index (χ3n) is 8.22. The summed E-state index contributed by atoms with van der Waals surface area (Å²) < 4.78 is 28.1. The zero-order valence-corrected chi connectivity index (χ0v) is 26.2. The van der Waals surface area contributed by atoms with Crippen molar-refractivity contribution in [2.45, 2.75) is 26.0 Å². The average molecular weight is 617 g/mol. The van der Waals surface area contributed by atoms with E-state index in [0.29, 0.717) is 72.5 Å². The van der Waals surface area contributed by atoms with Gasteiger partial charge in [-0.3, -0.25) is 14.5 Å². The lowest BCUT2D eigenvalue weighted by atomic mass is 9.93. The fourth-order valence-electron chi connectivity index (χ4n) is 5.88. The first-order chi connectivity index (χ1) is 21.9. The minimum atomic E-state index is -0.878. The van der Waals surface area contributed by atoms with Gasteiger partial charge in [-0.2, -0.15) is 0 Å². The molecule has 0 aromatic heterocycles. The number of hydrogen-bond donors (Lipinski definition) is 1. The molecule has 2 fully saturated rings. The number of benzene rings is 3. The lowest BCUT2D eigenvalue weighted by molar-refractivity contribution is -0.140. The number of methoxy groups -OCH3 is 3. The second-order valence-electron chi connectivity index (χ2n) is 11.0. The van der Waals surface area contributed by atoms with E-state index in [1.807, 2.05) is 43.3 Å². The molecule has 0 aliphatic carbocycles. The summed E-state index contributed by atoms with van der Waals surface area (Å²) >= 11 is 0. The molecule has 0 saturated carbocycles. The molecule has 10 heteroatoms. The van der Waals surface area contributed by atoms with Crippen LogP contribution in [0.1, 0.15) is 34.7 Å². The second-order valence-corrected chi connectivity index (χ2v) is 11.0. The van der Waals surface area contributed by atoms with Crippen molar-refractivity contribution in [3.8, 4) is 23.0 Å². The normalized spacial score (nSPS) is 18.2. The molecule has 3 aromatic rings. The van der Waals surface area contributed by atoms with E-state index in [0.717, 1.165) is 25.2 Å². The Morgan fingerprint density at radius 3 is 2.22 bits per heavy atom. The second kappa shape index (κ2) is 14.5. The highest BCUT2D eigenvalue weighted by Crippen LogP contribution is 2.46. The van der Waals surface area contributed by atoms with Gasteiger partial charge in [0, 0.05) is 31.7 Å². The van der Waals surface area contributed by atoms with Crippen LogP contribution in [0.5, 0.6) is 23.0 Å². The van der Waals surface area contributed by atoms with Gasteiger partial charge in [0.1, 0.15) is 18.1 Å². The van der Waals surface area contributed by atoms with E-state index in [2.05, 4.69) is 4.90 Å². The SMILES string of the molecule is COc1cc([C@@H]2C(=C(O)c3ccc(OCc4ccccc4)cc3C)C(=O)C(=O)N2CCCN2CCOCC2)cc(OC)c1OC. The van der Waals surface area contributed by atoms with Gasteiger partial charge in [-0.05, 0) is 60.4 Å². The van der Waals surface area contributed by atoms with Crippen LogP contribution < -0.4 is 18.9 Å². The van der Waals surface area contributed by atoms with Crippen LogP contribution in [0, 0.1) is 6.92 Å². The molecule has 2 aliphatic rings. The third kappa shape index (κ3) is 6.92. The topological polar surface area (TPSA) is 107 Å². The Hall–Kier alpha value is -4.54. The summed E-state index contributed by atoms with van der Waals surface area (Å²) in [6.07, 6.45) is 0.639. The molecular formula is C35H40N2O8. The Balaban J connectivity index is 1.51. The quantitative estimate of drug-likeness (QED) is 0.175. The van der Waals surface area contributed by atoms with E-state index >= 15 is 0 Å². The molecular weight excluding hydrogens is 576 g/mol. The first-order valence-corrected chi connectivity index (χ1v) is 15.0. The van der Waals surface area contributed by atoms with Crippen molar-refractivity contribution < 1.29 is 38.4 Å². The highest BCUT2D eigenvalue weighted by atomic mass is 16.5. The van der Waals surface area contributed by atoms with E-state index in [1.54, 1.807) is 24.3 Å². The predicted molar refractivity (Wildman–Crippen MR) is 169 cm³/mol. The van der Waals surface area contributed by atoms with Crippen molar-refractivity contribution in [3.05, 3.63) is 88.5 Å². The molecule has 5 rings (SSSR count). The number of morpholine rings is 1. The smallest absolute Gasteiger partial charge is 0.295 e. The number of aliphatic hydroxyl groups is 1. The zero-order chi connectivity index (χ0) is 31.9. The summed E-state index contributed by atoms with van der Waals surface area (Å²) in [6.45, 7) is 6.26. The number of aryl methyl sites for hydroxylation is 1. The molecule has 0 spiro atoms. The Labute approximate surface area is 263 Å². The van der Waals surface area contributed by atoms with Gasteiger partial charge in [0.05, 0.1) is 46.2 Å². The Morgan fingerprint density at radius 1 is 0.911 bits per heavy atom. The monoisotopic (exact) mass is 616 g/mol. The number of nitrogens with zero attached hydrogens (tertiary/aromatic N) is 2. The number of ether oxygens (including phenoxy) is 5. The number of carbonyl (C=O) groups excluding carboxylic acids is 2. The fraction of sp³-hybridized carbons (Fsp3) is 0.371. The third-order valence-corrected chi connectivity index (χ3v) is 8.22. The number of amides is 1. The van der Waals surface area contributed by atoms with Crippen LogP contribution >= 0.6 is 0 Å². The minimum Gasteiger partial charge on any atom is -0.507 e. The Morgan fingerprint density at radius 2 is 1.60 bits per heavy atom. The van der Waals surface area contributed by atoms with Crippen LogP contribution in [0.3, 0.4) is 0 Å². The lowest BCUT2D eigenvalue weighted by Crippen LogP contribution is -2.39. The van der Waals surface area contributed by atoms with E-state index in [-0.39, 0.29) is 11.3 Å². The van der Waals surface area contributed by atoms with Crippen molar-refractivity contribution in [2.24, 2.45) is 0 Å². The number of aliphatic hydroxyl groups excluding tert-OH is 1. The number of hydrogen-bond acceptors (Lipinski definition) is 9.